The van der Waals surface area contributed by atoms with E-state index in [4.69, 9.17) is 4.98 Å². The van der Waals surface area contributed by atoms with E-state index in [2.05, 4.69) is 158 Å². The van der Waals surface area contributed by atoms with Gasteiger partial charge in [-0.3, -0.25) is 0 Å². The fourth-order valence-electron chi connectivity index (χ4n) is 9.33. The van der Waals surface area contributed by atoms with Crippen LogP contribution >= 0.6 is 0 Å². The summed E-state index contributed by atoms with van der Waals surface area (Å²) in [6, 6.07) is 26.5. The van der Waals surface area contributed by atoms with Crippen molar-refractivity contribution < 1.29 is 0 Å². The zero-order chi connectivity index (χ0) is 30.8. The van der Waals surface area contributed by atoms with Crippen molar-refractivity contribution in [2.45, 2.75) is 45.2 Å². The Bertz CT molecular complexity index is 1900. The van der Waals surface area contributed by atoms with Gasteiger partial charge in [-0.2, -0.15) is 0 Å². The lowest BCUT2D eigenvalue weighted by atomic mass is 9.72. The van der Waals surface area contributed by atoms with Gasteiger partial charge in [-0.05, 0) is 81.7 Å². The largest absolute Gasteiger partial charge is 0.342 e. The molecular weight excluding hydrogens is 556 g/mol. The monoisotopic (exact) mass is 596 g/mol. The number of fused-ring (bicyclic) bond motifs is 6. The van der Waals surface area contributed by atoms with Gasteiger partial charge in [0.05, 0.1) is 17.8 Å². The summed E-state index contributed by atoms with van der Waals surface area (Å²) in [5, 5.41) is 0. The quantitative estimate of drug-likeness (QED) is 0.298. The van der Waals surface area contributed by atoms with Crippen molar-refractivity contribution in [2.24, 2.45) is 23.2 Å². The average molecular weight is 597 g/mol. The highest BCUT2D eigenvalue weighted by molar-refractivity contribution is 5.75. The molecule has 1 aromatic heterocycles. The molecule has 2 aromatic carbocycles. The molecule has 2 heterocycles. The minimum atomic E-state index is 0.114. The van der Waals surface area contributed by atoms with Crippen LogP contribution in [-0.4, -0.2) is 17.1 Å². The van der Waals surface area contributed by atoms with E-state index in [1.807, 2.05) is 0 Å². The predicted octanol–water partition coefficient (Wildman–Crippen LogP) is 10.4. The Morgan fingerprint density at radius 1 is 0.739 bits per heavy atom. The van der Waals surface area contributed by atoms with Crippen LogP contribution in [0.5, 0.6) is 0 Å². The maximum atomic E-state index is 5.44. The molecule has 0 amide bonds. The second kappa shape index (κ2) is 10.7. The average Bonchev–Trinajstić information content (AvgIpc) is 3.57. The van der Waals surface area contributed by atoms with Gasteiger partial charge in [-0.25, -0.2) is 4.98 Å². The lowest BCUT2D eigenvalue weighted by Gasteiger charge is -2.35. The molecule has 1 saturated heterocycles. The van der Waals surface area contributed by atoms with Crippen LogP contribution in [0.3, 0.4) is 0 Å². The van der Waals surface area contributed by atoms with Crippen molar-refractivity contribution in [3.05, 3.63) is 167 Å². The number of rotatable bonds is 4. The van der Waals surface area contributed by atoms with Crippen molar-refractivity contribution in [3.63, 3.8) is 0 Å². The van der Waals surface area contributed by atoms with E-state index >= 15 is 0 Å². The van der Waals surface area contributed by atoms with Gasteiger partial charge in [0.1, 0.15) is 5.82 Å². The molecule has 46 heavy (non-hydrogen) atoms. The highest BCUT2D eigenvalue weighted by Gasteiger charge is 2.50. The number of nitrogens with zero attached hydrogens (tertiary/aromatic N) is 2. The third-order valence-corrected chi connectivity index (χ3v) is 11.4. The van der Waals surface area contributed by atoms with E-state index in [0.717, 1.165) is 36.3 Å². The molecule has 0 spiro atoms. The number of hydrogen-bond acceptors (Lipinski definition) is 2. The summed E-state index contributed by atoms with van der Waals surface area (Å²) in [4.78, 5) is 8.09. The zero-order valence-electron chi connectivity index (χ0n) is 26.7. The molecule has 6 aliphatic rings. The van der Waals surface area contributed by atoms with Crippen molar-refractivity contribution >= 4 is 5.82 Å². The van der Waals surface area contributed by atoms with Gasteiger partial charge < -0.3 is 4.90 Å². The number of pyridine rings is 1. The summed E-state index contributed by atoms with van der Waals surface area (Å²) >= 11 is 0. The summed E-state index contributed by atoms with van der Waals surface area (Å²) in [6.07, 6.45) is 29.5. The molecule has 1 aliphatic heterocycles. The molecular formula is C44H40N2. The first kappa shape index (κ1) is 27.6. The van der Waals surface area contributed by atoms with Gasteiger partial charge in [0.25, 0.3) is 0 Å². The Kier molecular flexibility index (Phi) is 6.42. The van der Waals surface area contributed by atoms with Gasteiger partial charge in [0.2, 0.25) is 0 Å². The first-order chi connectivity index (χ1) is 22.6. The van der Waals surface area contributed by atoms with Gasteiger partial charge in [0.15, 0.2) is 0 Å². The Labute approximate surface area is 273 Å². The summed E-state index contributed by atoms with van der Waals surface area (Å²) in [6.45, 7) is 4.97. The number of allylic oxidation sites excluding steroid dienone is 12. The standard InChI is InChI=1S/C44H40N2/c1-44(2)38-22-11-9-18-34(38)37-21-13-20-33(43(37)44)31-24-25-36-35-19-10-12-23-40(35)46(41(36)27-31)42-28-32(29-14-5-3-6-15-29)26-39(45-42)30-16-7-4-8-17-30/h3-12,14-19,21-26,28,34-35,38,40-41H,13,20,27H2,1-2H3. The van der Waals surface area contributed by atoms with E-state index in [1.165, 1.54) is 22.3 Å². The maximum Gasteiger partial charge on any atom is 0.130 e. The summed E-state index contributed by atoms with van der Waals surface area (Å²) < 4.78 is 0. The third kappa shape index (κ3) is 4.26. The molecule has 2 heteroatoms. The normalized spacial score (nSPS) is 28.3. The first-order valence-corrected chi connectivity index (χ1v) is 17.0. The Hall–Kier alpha value is -4.69. The topological polar surface area (TPSA) is 16.1 Å². The van der Waals surface area contributed by atoms with Crippen LogP contribution in [0.1, 0.15) is 33.1 Å². The number of aromatic nitrogens is 1. The minimum Gasteiger partial charge on any atom is -0.342 e. The highest BCUT2D eigenvalue weighted by Crippen LogP contribution is 2.60. The van der Waals surface area contributed by atoms with Crippen molar-refractivity contribution in [1.29, 1.82) is 0 Å². The molecule has 9 rings (SSSR count). The molecule has 3 aromatic rings. The van der Waals surface area contributed by atoms with Crippen molar-refractivity contribution in [2.75, 3.05) is 4.90 Å². The van der Waals surface area contributed by atoms with Crippen LogP contribution in [0.4, 0.5) is 5.82 Å². The van der Waals surface area contributed by atoms with Crippen LogP contribution in [0.2, 0.25) is 0 Å². The van der Waals surface area contributed by atoms with Crippen LogP contribution in [0, 0.1) is 23.2 Å². The molecule has 0 radical (unpaired) electrons. The molecule has 2 nitrogen and oxygen atoms in total. The van der Waals surface area contributed by atoms with Gasteiger partial charge in [-0.1, -0.05) is 141 Å². The van der Waals surface area contributed by atoms with E-state index in [-0.39, 0.29) is 17.5 Å². The number of benzene rings is 2. The lowest BCUT2D eigenvalue weighted by molar-refractivity contribution is 0.332. The second-order valence-electron chi connectivity index (χ2n) is 14.2. The van der Waals surface area contributed by atoms with Gasteiger partial charge in [-0.15, -0.1) is 0 Å². The summed E-state index contributed by atoms with van der Waals surface area (Å²) in [5.74, 6) is 2.46. The smallest absolute Gasteiger partial charge is 0.130 e. The van der Waals surface area contributed by atoms with Crippen molar-refractivity contribution in [3.8, 4) is 22.4 Å². The molecule has 5 unspecified atom stereocenters. The summed E-state index contributed by atoms with van der Waals surface area (Å²) in [5.41, 5.74) is 12.6. The maximum absolute atomic E-state index is 5.44. The van der Waals surface area contributed by atoms with Gasteiger partial charge in [0, 0.05) is 17.4 Å². The highest BCUT2D eigenvalue weighted by atomic mass is 15.3. The van der Waals surface area contributed by atoms with Gasteiger partial charge >= 0.3 is 0 Å². The Balaban J connectivity index is 1.17. The fraction of sp³-hybridized carbons (Fsp3) is 0.250. The minimum absolute atomic E-state index is 0.114. The van der Waals surface area contributed by atoms with Crippen LogP contribution in [0.25, 0.3) is 22.4 Å². The molecule has 5 aliphatic carbocycles. The number of hydrogen-bond donors (Lipinski definition) is 0. The summed E-state index contributed by atoms with van der Waals surface area (Å²) in [7, 11) is 0. The zero-order valence-corrected chi connectivity index (χ0v) is 26.7. The van der Waals surface area contributed by atoms with E-state index in [0.29, 0.717) is 17.8 Å². The van der Waals surface area contributed by atoms with Crippen LogP contribution in [0.15, 0.2) is 167 Å². The Morgan fingerprint density at radius 2 is 1.46 bits per heavy atom. The number of anilines is 1. The SMILES string of the molecule is CC1(C)C2=C(C3=CC=C4C5C=CC=CC5N(c5cc(-c6ccccc6)cc(-c6ccccc6)n5)C4C3)CCC=C2C2C=CC=CC21. The molecule has 0 N–H and O–H groups in total. The second-order valence-corrected chi connectivity index (χ2v) is 14.2. The Morgan fingerprint density at radius 3 is 2.26 bits per heavy atom. The molecule has 5 atom stereocenters. The molecule has 2 fully saturated rings. The van der Waals surface area contributed by atoms with Crippen molar-refractivity contribution in [1.82, 2.24) is 4.98 Å². The first-order valence-electron chi connectivity index (χ1n) is 17.0. The van der Waals surface area contributed by atoms with E-state index < -0.39 is 0 Å². The molecule has 0 bridgehead atoms. The predicted molar refractivity (Wildman–Crippen MR) is 191 cm³/mol. The van der Waals surface area contributed by atoms with Crippen LogP contribution < -0.4 is 4.90 Å². The lowest BCUT2D eigenvalue weighted by Crippen LogP contribution is -2.38. The van der Waals surface area contributed by atoms with E-state index in [1.54, 1.807) is 16.7 Å². The third-order valence-electron chi connectivity index (χ3n) is 11.4. The van der Waals surface area contributed by atoms with Crippen LogP contribution in [-0.2, 0) is 0 Å². The van der Waals surface area contributed by atoms with E-state index in [9.17, 15) is 0 Å². The molecule has 226 valence electrons. The molecule has 1 saturated carbocycles. The fourth-order valence-corrected chi connectivity index (χ4v) is 9.33.